The van der Waals surface area contributed by atoms with E-state index < -0.39 is 28.1 Å². The van der Waals surface area contributed by atoms with Gasteiger partial charge in [-0.2, -0.15) is 13.2 Å². The Hall–Kier alpha value is -1.15. The van der Waals surface area contributed by atoms with Crippen molar-refractivity contribution in [1.29, 1.82) is 0 Å². The van der Waals surface area contributed by atoms with Crippen LogP contribution in [0.4, 0.5) is 13.2 Å². The van der Waals surface area contributed by atoms with Crippen LogP contribution in [-0.4, -0.2) is 25.5 Å². The standard InChI is InChI=1S/C10H11F3N3OS/c1-9(2,3)18(17)16-6-7-4-14-8(15-5-7)10(11,12)13/h4-6H,1H2,2-3H3/b16-6+. The van der Waals surface area contributed by atoms with Crippen LogP contribution in [0.2, 0.25) is 0 Å². The van der Waals surface area contributed by atoms with E-state index in [0.717, 1.165) is 18.6 Å². The van der Waals surface area contributed by atoms with Gasteiger partial charge in [-0.3, -0.25) is 0 Å². The lowest BCUT2D eigenvalue weighted by molar-refractivity contribution is -0.145. The smallest absolute Gasteiger partial charge is 0.451 e. The zero-order valence-corrected chi connectivity index (χ0v) is 10.5. The number of aromatic nitrogens is 2. The predicted molar refractivity (Wildman–Crippen MR) is 62.2 cm³/mol. The SMILES string of the molecule is [CH2]C(C)(C)[S+]([O-])/N=C/c1cnc(C(F)(F)F)nc1. The summed E-state index contributed by atoms with van der Waals surface area (Å²) in [5.74, 6) is -1.22. The molecule has 1 rings (SSSR count). The average Bonchev–Trinajstić information content (AvgIpc) is 2.24. The largest absolute Gasteiger partial charge is 0.591 e. The summed E-state index contributed by atoms with van der Waals surface area (Å²) in [5.41, 5.74) is 0.237. The summed E-state index contributed by atoms with van der Waals surface area (Å²) in [6, 6.07) is 0. The molecule has 1 atom stereocenters. The monoisotopic (exact) mass is 278 g/mol. The van der Waals surface area contributed by atoms with Crippen molar-refractivity contribution in [2.45, 2.75) is 24.8 Å². The highest BCUT2D eigenvalue weighted by Crippen LogP contribution is 2.25. The third-order valence-electron chi connectivity index (χ3n) is 1.70. The second-order valence-corrected chi connectivity index (χ2v) is 5.90. The second kappa shape index (κ2) is 5.23. The Kier molecular flexibility index (Phi) is 4.33. The van der Waals surface area contributed by atoms with Crippen molar-refractivity contribution in [3.05, 3.63) is 30.7 Å². The summed E-state index contributed by atoms with van der Waals surface area (Å²) in [6.07, 6.45) is -1.49. The van der Waals surface area contributed by atoms with Crippen molar-refractivity contribution in [3.8, 4) is 0 Å². The maximum Gasteiger partial charge on any atom is 0.451 e. The zero-order chi connectivity index (χ0) is 14.0. The van der Waals surface area contributed by atoms with Gasteiger partial charge in [0.15, 0.2) is 0 Å². The third-order valence-corrected chi connectivity index (χ3v) is 2.94. The van der Waals surface area contributed by atoms with Crippen LogP contribution in [0.3, 0.4) is 0 Å². The summed E-state index contributed by atoms with van der Waals surface area (Å²) in [7, 11) is 0. The van der Waals surface area contributed by atoms with Crippen LogP contribution in [0, 0.1) is 6.92 Å². The van der Waals surface area contributed by atoms with Gasteiger partial charge in [0, 0.05) is 24.9 Å². The molecule has 0 amide bonds. The quantitative estimate of drug-likeness (QED) is 0.629. The molecule has 0 aromatic carbocycles. The number of halogens is 3. The number of alkyl halides is 3. The minimum absolute atomic E-state index is 0.237. The van der Waals surface area contributed by atoms with Crippen molar-refractivity contribution in [2.24, 2.45) is 4.40 Å². The Labute approximate surface area is 106 Å². The van der Waals surface area contributed by atoms with Gasteiger partial charge in [0.2, 0.25) is 5.82 Å². The first-order chi connectivity index (χ1) is 8.10. The molecule has 0 aliphatic rings. The van der Waals surface area contributed by atoms with Crippen LogP contribution in [-0.2, 0) is 17.5 Å². The van der Waals surface area contributed by atoms with E-state index >= 15 is 0 Å². The fourth-order valence-corrected chi connectivity index (χ4v) is 1.31. The molecular weight excluding hydrogens is 267 g/mol. The molecule has 1 radical (unpaired) electrons. The Morgan fingerprint density at radius 2 is 1.83 bits per heavy atom. The molecule has 0 saturated heterocycles. The lowest BCUT2D eigenvalue weighted by atomic mass is 10.3. The summed E-state index contributed by atoms with van der Waals surface area (Å²) in [6.45, 7) is 6.89. The maximum atomic E-state index is 12.2. The van der Waals surface area contributed by atoms with Crippen LogP contribution >= 0.6 is 0 Å². The van der Waals surface area contributed by atoms with Crippen LogP contribution in [0.15, 0.2) is 16.8 Å². The highest BCUT2D eigenvalue weighted by molar-refractivity contribution is 7.91. The van der Waals surface area contributed by atoms with E-state index in [2.05, 4.69) is 21.3 Å². The molecule has 99 valence electrons. The Morgan fingerprint density at radius 1 is 1.33 bits per heavy atom. The summed E-state index contributed by atoms with van der Waals surface area (Å²) < 4.78 is 50.9. The highest BCUT2D eigenvalue weighted by atomic mass is 32.2. The van der Waals surface area contributed by atoms with E-state index in [9.17, 15) is 17.7 Å². The van der Waals surface area contributed by atoms with Crippen molar-refractivity contribution in [2.75, 3.05) is 0 Å². The van der Waals surface area contributed by atoms with Gasteiger partial charge in [-0.05, 0) is 13.8 Å². The van der Waals surface area contributed by atoms with Crippen molar-refractivity contribution < 1.29 is 17.7 Å². The molecule has 1 unspecified atom stereocenters. The summed E-state index contributed by atoms with van der Waals surface area (Å²) >= 11 is -1.58. The van der Waals surface area contributed by atoms with Crippen molar-refractivity contribution in [3.63, 3.8) is 0 Å². The Balaban J connectivity index is 2.79. The average molecular weight is 278 g/mol. The topological polar surface area (TPSA) is 61.2 Å². The first-order valence-corrected chi connectivity index (χ1v) is 5.92. The first kappa shape index (κ1) is 14.9. The fraction of sp³-hybridized carbons (Fsp3) is 0.400. The molecule has 18 heavy (non-hydrogen) atoms. The zero-order valence-electron chi connectivity index (χ0n) is 9.73. The van der Waals surface area contributed by atoms with Gasteiger partial charge in [-0.15, -0.1) is 0 Å². The Bertz CT molecular complexity index is 425. The molecule has 0 N–H and O–H groups in total. The molecule has 0 bridgehead atoms. The number of hydrogen-bond acceptors (Lipinski definition) is 4. The third kappa shape index (κ3) is 4.26. The van der Waals surface area contributed by atoms with E-state index in [1.165, 1.54) is 0 Å². The molecule has 8 heteroatoms. The van der Waals surface area contributed by atoms with Gasteiger partial charge in [-0.1, -0.05) is 4.40 Å². The van der Waals surface area contributed by atoms with Gasteiger partial charge in [-0.25, -0.2) is 9.97 Å². The van der Waals surface area contributed by atoms with Crippen molar-refractivity contribution in [1.82, 2.24) is 9.97 Å². The normalized spacial score (nSPS) is 15.1. The van der Waals surface area contributed by atoms with E-state index in [0.29, 0.717) is 0 Å². The molecule has 0 aliphatic heterocycles. The first-order valence-electron chi connectivity index (χ1n) is 4.81. The van der Waals surface area contributed by atoms with Gasteiger partial charge in [0.05, 0.1) is 6.21 Å². The lowest BCUT2D eigenvalue weighted by Crippen LogP contribution is -2.26. The van der Waals surface area contributed by atoms with E-state index in [-0.39, 0.29) is 5.56 Å². The molecule has 0 saturated carbocycles. The summed E-state index contributed by atoms with van der Waals surface area (Å²) in [4.78, 5) is 6.30. The lowest BCUT2D eigenvalue weighted by Gasteiger charge is -2.17. The van der Waals surface area contributed by atoms with Gasteiger partial charge in [0.25, 0.3) is 0 Å². The van der Waals surface area contributed by atoms with E-state index in [1.54, 1.807) is 13.8 Å². The second-order valence-electron chi connectivity index (χ2n) is 4.08. The molecule has 0 fully saturated rings. The molecule has 1 heterocycles. The number of rotatable bonds is 3. The predicted octanol–water partition coefficient (Wildman–Crippen LogP) is 2.19. The Morgan fingerprint density at radius 3 is 2.22 bits per heavy atom. The molecular formula is C10H11F3N3OS. The van der Waals surface area contributed by atoms with Crippen molar-refractivity contribution >= 4 is 17.6 Å². The van der Waals surface area contributed by atoms with E-state index in [4.69, 9.17) is 0 Å². The van der Waals surface area contributed by atoms with Gasteiger partial charge >= 0.3 is 6.18 Å². The minimum atomic E-state index is -4.58. The molecule has 0 spiro atoms. The fourth-order valence-electron chi connectivity index (χ4n) is 0.802. The van der Waals surface area contributed by atoms with E-state index in [1.807, 2.05) is 0 Å². The van der Waals surface area contributed by atoms with Crippen LogP contribution in [0.5, 0.6) is 0 Å². The summed E-state index contributed by atoms with van der Waals surface area (Å²) in [5, 5.41) is 0. The van der Waals surface area contributed by atoms with Crippen LogP contribution in [0.25, 0.3) is 0 Å². The highest BCUT2D eigenvalue weighted by Gasteiger charge is 2.34. The van der Waals surface area contributed by atoms with Gasteiger partial charge in [0.1, 0.15) is 16.1 Å². The number of nitrogens with zero attached hydrogens (tertiary/aromatic N) is 3. The van der Waals surface area contributed by atoms with Crippen LogP contribution < -0.4 is 0 Å². The van der Waals surface area contributed by atoms with Crippen LogP contribution in [0.1, 0.15) is 25.2 Å². The number of hydrogen-bond donors (Lipinski definition) is 0. The molecule has 0 aliphatic carbocycles. The minimum Gasteiger partial charge on any atom is -0.591 e. The molecule has 1 aromatic rings. The molecule has 4 nitrogen and oxygen atoms in total. The maximum absolute atomic E-state index is 12.2. The van der Waals surface area contributed by atoms with Gasteiger partial charge < -0.3 is 4.55 Å². The molecule has 1 aromatic heterocycles.